The Kier molecular flexibility index (Phi) is 13.2. The fraction of sp³-hybridized carbons (Fsp3) is 0.737. The number of hydrogen-bond donors (Lipinski definition) is 5. The summed E-state index contributed by atoms with van der Waals surface area (Å²) in [7, 11) is 0. The van der Waals surface area contributed by atoms with Gasteiger partial charge in [-0.25, -0.2) is 9.59 Å². The molecule has 54 heavy (non-hydrogen) atoms. The van der Waals surface area contributed by atoms with Gasteiger partial charge in [0.1, 0.15) is 12.1 Å². The van der Waals surface area contributed by atoms with Gasteiger partial charge in [-0.2, -0.15) is 0 Å². The first-order valence-electron chi connectivity index (χ1n) is 19.0. The van der Waals surface area contributed by atoms with Gasteiger partial charge in [0.2, 0.25) is 29.4 Å². The third-order valence-electron chi connectivity index (χ3n) is 11.3. The summed E-state index contributed by atoms with van der Waals surface area (Å²) >= 11 is 0. The van der Waals surface area contributed by atoms with Crippen molar-refractivity contribution in [3.63, 3.8) is 0 Å². The van der Waals surface area contributed by atoms with Crippen LogP contribution in [0.3, 0.4) is 0 Å². The van der Waals surface area contributed by atoms with Crippen LogP contribution >= 0.6 is 0 Å². The van der Waals surface area contributed by atoms with E-state index >= 15 is 0 Å². The molecule has 4 rings (SSSR count). The number of piperidine rings is 2. The number of rotatable bonds is 8. The van der Waals surface area contributed by atoms with Crippen LogP contribution in [0.1, 0.15) is 93.4 Å². The zero-order valence-electron chi connectivity index (χ0n) is 32.8. The van der Waals surface area contributed by atoms with Crippen LogP contribution in [-0.4, -0.2) is 114 Å². The Hall–Kier alpha value is -4.50. The minimum Gasteiger partial charge on any atom is -0.450 e. The Balaban J connectivity index is 1.58. The molecule has 5 N–H and O–H groups in total. The Bertz CT molecular complexity index is 1500. The Morgan fingerprint density at radius 1 is 1.00 bits per heavy atom. The molecule has 300 valence electrons. The lowest BCUT2D eigenvalue weighted by molar-refractivity contribution is -0.153. The van der Waals surface area contributed by atoms with Crippen molar-refractivity contribution in [2.45, 2.75) is 118 Å². The molecule has 3 saturated heterocycles. The summed E-state index contributed by atoms with van der Waals surface area (Å²) in [5, 5.41) is 13.5. The molecule has 0 spiro atoms. The van der Waals surface area contributed by atoms with Gasteiger partial charge < -0.3 is 36.2 Å². The summed E-state index contributed by atoms with van der Waals surface area (Å²) in [5.74, 6) is -3.66. The average Bonchev–Trinajstić information content (AvgIpc) is 3.37. The molecular weight excluding hydrogens is 698 g/mol. The van der Waals surface area contributed by atoms with Crippen LogP contribution < -0.4 is 26.6 Å². The molecule has 16 heteroatoms. The molecule has 4 aliphatic rings. The number of ketones is 1. The maximum absolute atomic E-state index is 14.4. The van der Waals surface area contributed by atoms with Crippen molar-refractivity contribution in [2.75, 3.05) is 32.8 Å². The van der Waals surface area contributed by atoms with Gasteiger partial charge in [0.25, 0.3) is 5.91 Å². The maximum atomic E-state index is 14.4. The highest BCUT2D eigenvalue weighted by molar-refractivity contribution is 6.38. The number of imide groups is 1. The summed E-state index contributed by atoms with van der Waals surface area (Å²) < 4.78 is 5.31. The lowest BCUT2D eigenvalue weighted by atomic mass is 9.80. The number of carbonyl (C=O) groups excluding carboxylic acids is 8. The van der Waals surface area contributed by atoms with Crippen molar-refractivity contribution in [1.29, 1.82) is 0 Å². The van der Waals surface area contributed by atoms with E-state index in [0.29, 0.717) is 12.8 Å². The summed E-state index contributed by atoms with van der Waals surface area (Å²) in [5.41, 5.74) is -1.33. The highest BCUT2D eigenvalue weighted by Crippen LogP contribution is 2.65. The lowest BCUT2D eigenvalue weighted by Gasteiger charge is -2.40. The molecule has 3 aliphatic heterocycles. The average molecular weight is 758 g/mol. The molecular formula is C38H59N7O9. The zero-order chi connectivity index (χ0) is 40.2. The third kappa shape index (κ3) is 10.2. The number of ether oxygens (including phenoxy) is 1. The highest BCUT2D eigenvalue weighted by atomic mass is 16.5. The molecule has 1 aliphatic carbocycles. The van der Waals surface area contributed by atoms with E-state index in [2.05, 4.69) is 33.2 Å². The number of likely N-dealkylation sites (tertiary alicyclic amines) is 1. The van der Waals surface area contributed by atoms with Gasteiger partial charge in [0.15, 0.2) is 0 Å². The lowest BCUT2D eigenvalue weighted by Crippen LogP contribution is -2.61. The fourth-order valence-electron chi connectivity index (χ4n) is 7.87. The number of urea groups is 1. The largest absolute Gasteiger partial charge is 0.450 e. The molecule has 0 bridgehead atoms. The van der Waals surface area contributed by atoms with Gasteiger partial charge in [-0.1, -0.05) is 54.5 Å². The van der Waals surface area contributed by atoms with Gasteiger partial charge >= 0.3 is 12.1 Å². The smallest absolute Gasteiger partial charge is 0.407 e. The van der Waals surface area contributed by atoms with E-state index < -0.39 is 70.6 Å². The number of hydrogen-bond acceptors (Lipinski definition) is 9. The van der Waals surface area contributed by atoms with E-state index in [-0.39, 0.29) is 94.0 Å². The zero-order valence-corrected chi connectivity index (χ0v) is 32.8. The molecule has 3 heterocycles. The first-order valence-corrected chi connectivity index (χ1v) is 19.0. The number of cyclic esters (lactones) is 1. The molecule has 0 aromatic heterocycles. The predicted molar refractivity (Wildman–Crippen MR) is 197 cm³/mol. The van der Waals surface area contributed by atoms with Gasteiger partial charge in [0.05, 0.1) is 18.7 Å². The summed E-state index contributed by atoms with van der Waals surface area (Å²) in [6, 6.07) is -4.68. The van der Waals surface area contributed by atoms with Crippen molar-refractivity contribution in [1.82, 2.24) is 36.4 Å². The Morgan fingerprint density at radius 2 is 1.67 bits per heavy atom. The van der Waals surface area contributed by atoms with Crippen molar-refractivity contribution >= 4 is 47.4 Å². The first kappa shape index (κ1) is 42.2. The van der Waals surface area contributed by atoms with E-state index in [1.807, 2.05) is 48.5 Å². The molecule has 16 nitrogen and oxygen atoms in total. The number of nitrogens with zero attached hydrogens (tertiary/aromatic N) is 2. The molecule has 1 saturated carbocycles. The molecule has 4 fully saturated rings. The molecule has 6 atom stereocenters. The van der Waals surface area contributed by atoms with Gasteiger partial charge in [-0.15, -0.1) is 6.58 Å². The molecule has 0 aromatic carbocycles. The monoisotopic (exact) mass is 757 g/mol. The van der Waals surface area contributed by atoms with Crippen LogP contribution in [0.4, 0.5) is 9.59 Å². The van der Waals surface area contributed by atoms with E-state index in [4.69, 9.17) is 4.74 Å². The van der Waals surface area contributed by atoms with Crippen molar-refractivity contribution < 1.29 is 43.1 Å². The maximum Gasteiger partial charge on any atom is 0.407 e. The standard InChI is InChI=1S/C38H59N7O9/c1-9-15-39-32(50)30(48)23-13-10-11-16-40-35(53)54-17-12-14-24(33(51)45-20-22-28(38(22,7)8)29(45)31(49)41-23)42-34(52)43-25(36(2,3)4)21-44-26(46)18-37(5,6)19-27(44)47/h9,22-25,28-29H,1,10-21H2,2-8H3,(H,39,50)(H,40,53)(H,41,49)(H2,42,43,52)/t22-,23+,24+,25+,28-,29-/m0/s1. The predicted octanol–water partition coefficient (Wildman–Crippen LogP) is 1.77. The molecule has 0 unspecified atom stereocenters. The van der Waals surface area contributed by atoms with Crippen molar-refractivity contribution in [3.8, 4) is 0 Å². The van der Waals surface area contributed by atoms with E-state index in [0.717, 1.165) is 0 Å². The normalized spacial score (nSPS) is 28.2. The fourth-order valence-corrected chi connectivity index (χ4v) is 7.87. The second-order valence-electron chi connectivity index (χ2n) is 17.5. The van der Waals surface area contributed by atoms with Crippen LogP contribution in [0, 0.1) is 28.1 Å². The molecule has 0 aromatic rings. The minimum absolute atomic E-state index is 0.00999. The number of fused-ring (bicyclic) bond motifs is 3. The van der Waals surface area contributed by atoms with Crippen LogP contribution in [0.5, 0.6) is 0 Å². The number of alkyl carbamates (subject to hydrolysis) is 1. The summed E-state index contributed by atoms with van der Waals surface area (Å²) in [4.78, 5) is 109. The highest BCUT2D eigenvalue weighted by Gasteiger charge is 2.69. The van der Waals surface area contributed by atoms with Gasteiger partial charge in [0, 0.05) is 39.0 Å². The minimum atomic E-state index is -1.18. The third-order valence-corrected chi connectivity index (χ3v) is 11.3. The van der Waals surface area contributed by atoms with E-state index in [9.17, 15) is 38.4 Å². The second-order valence-corrected chi connectivity index (χ2v) is 17.5. The van der Waals surface area contributed by atoms with Gasteiger partial charge in [-0.05, 0) is 60.2 Å². The number of nitrogens with one attached hydrogen (secondary N) is 5. The number of carbonyl (C=O) groups is 8. The van der Waals surface area contributed by atoms with Crippen LogP contribution in [0.15, 0.2) is 12.7 Å². The summed E-state index contributed by atoms with van der Waals surface area (Å²) in [6.07, 6.45) is 2.38. The quantitative estimate of drug-likeness (QED) is 0.139. The number of Topliss-reactive ketones (excluding diaryl/α,β-unsaturated/α-hetero) is 1. The topological polar surface area (TPSA) is 212 Å². The molecule has 8 amide bonds. The second kappa shape index (κ2) is 16.9. The van der Waals surface area contributed by atoms with Crippen LogP contribution in [-0.2, 0) is 33.5 Å². The summed E-state index contributed by atoms with van der Waals surface area (Å²) in [6.45, 7) is 17.3. The Labute approximate surface area is 317 Å². The van der Waals surface area contributed by atoms with Gasteiger partial charge in [-0.3, -0.25) is 33.7 Å². The molecule has 0 radical (unpaired) electrons. The Morgan fingerprint density at radius 3 is 2.30 bits per heavy atom. The first-order chi connectivity index (χ1) is 25.2. The van der Waals surface area contributed by atoms with Crippen LogP contribution in [0.2, 0.25) is 0 Å². The SMILES string of the molecule is C=CCNC(=O)C(=O)[C@H]1CCCCNC(=O)OCCC[C@@H](NC(=O)N[C@H](CN2C(=O)CC(C)(C)CC2=O)C(C)(C)C)C(=O)N2C[C@H]3[C@@H]([C@H]2C(=O)N1)C3(C)C. The van der Waals surface area contributed by atoms with Crippen molar-refractivity contribution in [3.05, 3.63) is 12.7 Å². The van der Waals surface area contributed by atoms with Crippen LogP contribution in [0.25, 0.3) is 0 Å². The van der Waals surface area contributed by atoms with Crippen molar-refractivity contribution in [2.24, 2.45) is 28.1 Å². The van der Waals surface area contributed by atoms with E-state index in [1.165, 1.54) is 15.9 Å². The number of amides is 8. The van der Waals surface area contributed by atoms with E-state index in [1.54, 1.807) is 0 Å².